The zero-order chi connectivity index (χ0) is 18.1. The molecule has 0 aliphatic carbocycles. The molecule has 2 N–H and O–H groups in total. The summed E-state index contributed by atoms with van der Waals surface area (Å²) in [6.07, 6.45) is 8.44. The lowest BCUT2D eigenvalue weighted by Crippen LogP contribution is -2.54. The van der Waals surface area contributed by atoms with E-state index in [4.69, 9.17) is 11.6 Å². The van der Waals surface area contributed by atoms with Gasteiger partial charge in [0.25, 0.3) is 0 Å². The van der Waals surface area contributed by atoms with E-state index in [1.165, 1.54) is 17.8 Å². The summed E-state index contributed by atoms with van der Waals surface area (Å²) in [6.45, 7) is 6.25. The molecule has 26 heavy (non-hydrogen) atoms. The van der Waals surface area contributed by atoms with Crippen molar-refractivity contribution in [3.63, 3.8) is 0 Å². The van der Waals surface area contributed by atoms with Crippen LogP contribution < -0.4 is 0 Å². The molecule has 2 aromatic heterocycles. The molecule has 1 spiro atoms. The van der Waals surface area contributed by atoms with Gasteiger partial charge in [0.15, 0.2) is 5.15 Å². The van der Waals surface area contributed by atoms with Gasteiger partial charge in [-0.25, -0.2) is 9.97 Å². The zero-order valence-corrected chi connectivity index (χ0v) is 16.6. The number of imidazole rings is 2. The Hall–Kier alpha value is -1.37. The number of fused-ring (bicyclic) bond motifs is 2. The van der Waals surface area contributed by atoms with E-state index in [0.717, 1.165) is 69.8 Å². The summed E-state index contributed by atoms with van der Waals surface area (Å²) in [7, 11) is 2.25. The Morgan fingerprint density at radius 1 is 1.27 bits per heavy atom. The molecule has 4 heterocycles. The van der Waals surface area contributed by atoms with Crippen LogP contribution in [0.2, 0.25) is 5.15 Å². The summed E-state index contributed by atoms with van der Waals surface area (Å²) in [5, 5.41) is 0.640. The van der Waals surface area contributed by atoms with E-state index in [0.29, 0.717) is 5.15 Å². The lowest BCUT2D eigenvalue weighted by molar-refractivity contribution is 0.0218. The van der Waals surface area contributed by atoms with E-state index in [-0.39, 0.29) is 5.54 Å². The third-order valence-electron chi connectivity index (χ3n) is 6.20. The number of aromatic amines is 2. The van der Waals surface area contributed by atoms with Gasteiger partial charge in [0.05, 0.1) is 23.3 Å². The number of unbranched alkanes of at least 4 members (excludes halogenated alkanes) is 1. The molecule has 0 unspecified atom stereocenters. The first-order chi connectivity index (χ1) is 12.6. The molecule has 0 amide bonds. The number of hydrogen-bond donors (Lipinski definition) is 2. The van der Waals surface area contributed by atoms with Crippen LogP contribution in [0.3, 0.4) is 0 Å². The molecule has 2 aliphatic rings. The monoisotopic (exact) mass is 376 g/mol. The number of H-pyrrole nitrogens is 2. The highest BCUT2D eigenvalue weighted by Crippen LogP contribution is 2.41. The van der Waals surface area contributed by atoms with Crippen molar-refractivity contribution in [2.45, 2.75) is 57.5 Å². The quantitative estimate of drug-likeness (QED) is 0.841. The van der Waals surface area contributed by atoms with Gasteiger partial charge in [0.2, 0.25) is 0 Å². The predicted molar refractivity (Wildman–Crippen MR) is 103 cm³/mol. The minimum absolute atomic E-state index is 0.0914. The van der Waals surface area contributed by atoms with Gasteiger partial charge in [-0.2, -0.15) is 0 Å². The van der Waals surface area contributed by atoms with Crippen LogP contribution in [0.1, 0.15) is 55.5 Å². The number of nitrogens with one attached hydrogen (secondary N) is 2. The smallest absolute Gasteiger partial charge is 0.151 e. The molecule has 6 nitrogen and oxygen atoms in total. The van der Waals surface area contributed by atoms with Gasteiger partial charge in [0.1, 0.15) is 5.82 Å². The van der Waals surface area contributed by atoms with Crippen molar-refractivity contribution in [2.75, 3.05) is 26.7 Å². The van der Waals surface area contributed by atoms with Crippen molar-refractivity contribution in [1.82, 2.24) is 29.7 Å². The number of halogens is 1. The summed E-state index contributed by atoms with van der Waals surface area (Å²) in [4.78, 5) is 21.0. The van der Waals surface area contributed by atoms with Crippen molar-refractivity contribution in [2.24, 2.45) is 0 Å². The summed E-state index contributed by atoms with van der Waals surface area (Å²) in [5.41, 5.74) is 3.75. The summed E-state index contributed by atoms with van der Waals surface area (Å²) in [5.74, 6) is 1.02. The minimum atomic E-state index is 0.0914. The van der Waals surface area contributed by atoms with Crippen molar-refractivity contribution in [3.05, 3.63) is 34.4 Å². The highest BCUT2D eigenvalue weighted by atomic mass is 35.5. The van der Waals surface area contributed by atoms with Gasteiger partial charge >= 0.3 is 0 Å². The molecule has 0 bridgehead atoms. The lowest BCUT2D eigenvalue weighted by Gasteiger charge is -2.49. The molecule has 1 saturated heterocycles. The molecule has 0 aromatic carbocycles. The Labute approximate surface area is 160 Å². The van der Waals surface area contributed by atoms with Crippen LogP contribution in [0, 0.1) is 0 Å². The van der Waals surface area contributed by atoms with Crippen molar-refractivity contribution in [1.29, 1.82) is 0 Å². The molecule has 1 fully saturated rings. The van der Waals surface area contributed by atoms with Crippen LogP contribution in [-0.4, -0.2) is 56.4 Å². The Kier molecular flexibility index (Phi) is 5.08. The third-order valence-corrected chi connectivity index (χ3v) is 6.51. The van der Waals surface area contributed by atoms with Gasteiger partial charge in [-0.15, -0.1) is 0 Å². The average Bonchev–Trinajstić information content (AvgIpc) is 3.26. The van der Waals surface area contributed by atoms with E-state index in [9.17, 15) is 0 Å². The van der Waals surface area contributed by atoms with Gasteiger partial charge < -0.3 is 9.97 Å². The second-order valence-corrected chi connectivity index (χ2v) is 8.12. The second-order valence-electron chi connectivity index (χ2n) is 7.77. The molecular weight excluding hydrogens is 348 g/mol. The fourth-order valence-corrected chi connectivity index (χ4v) is 4.73. The van der Waals surface area contributed by atoms with Crippen LogP contribution in [-0.2, 0) is 24.9 Å². The summed E-state index contributed by atoms with van der Waals surface area (Å²) in [6, 6.07) is 0. The molecule has 0 atom stereocenters. The van der Waals surface area contributed by atoms with E-state index in [1.807, 2.05) is 6.33 Å². The number of aryl methyl sites for hydroxylation is 1. The fourth-order valence-electron chi connectivity index (χ4n) is 4.52. The molecule has 142 valence electrons. The number of piperidine rings is 1. The molecule has 4 rings (SSSR count). The first-order valence-corrected chi connectivity index (χ1v) is 10.2. The Morgan fingerprint density at radius 3 is 2.85 bits per heavy atom. The maximum absolute atomic E-state index is 6.37. The lowest BCUT2D eigenvalue weighted by atomic mass is 9.79. The van der Waals surface area contributed by atoms with Crippen LogP contribution in [0.15, 0.2) is 6.33 Å². The Morgan fingerprint density at radius 2 is 2.08 bits per heavy atom. The molecule has 2 aromatic rings. The summed E-state index contributed by atoms with van der Waals surface area (Å²) < 4.78 is 0. The van der Waals surface area contributed by atoms with Crippen molar-refractivity contribution < 1.29 is 0 Å². The molecule has 2 aliphatic heterocycles. The van der Waals surface area contributed by atoms with Gasteiger partial charge in [0, 0.05) is 44.7 Å². The van der Waals surface area contributed by atoms with Crippen molar-refractivity contribution in [3.8, 4) is 0 Å². The van der Waals surface area contributed by atoms with E-state index >= 15 is 0 Å². The zero-order valence-electron chi connectivity index (χ0n) is 15.8. The highest BCUT2D eigenvalue weighted by Gasteiger charge is 2.44. The highest BCUT2D eigenvalue weighted by molar-refractivity contribution is 6.30. The Balaban J connectivity index is 1.43. The number of rotatable bonds is 5. The number of likely N-dealkylation sites (N-methyl/N-ethyl adjacent to an activating group) is 1. The third kappa shape index (κ3) is 3.19. The predicted octanol–water partition coefficient (Wildman–Crippen LogP) is 3.11. The first-order valence-electron chi connectivity index (χ1n) is 9.82. The molecule has 0 radical (unpaired) electrons. The SMILES string of the molecule is CCCCc1nc(Cl)c(CN2CCC3(CC2)c2nc[nH]c2CCN3C)[nH]1. The summed E-state index contributed by atoms with van der Waals surface area (Å²) >= 11 is 6.37. The number of aromatic nitrogens is 4. The van der Waals surface area contributed by atoms with E-state index < -0.39 is 0 Å². The van der Waals surface area contributed by atoms with Gasteiger partial charge in [-0.1, -0.05) is 24.9 Å². The normalized spacial score (nSPS) is 20.6. The maximum Gasteiger partial charge on any atom is 0.151 e. The van der Waals surface area contributed by atoms with Gasteiger partial charge in [-0.3, -0.25) is 9.80 Å². The van der Waals surface area contributed by atoms with Crippen molar-refractivity contribution >= 4 is 11.6 Å². The molecular formula is C19H29ClN6. The van der Waals surface area contributed by atoms with Crippen LogP contribution in [0.5, 0.6) is 0 Å². The fraction of sp³-hybridized carbons (Fsp3) is 0.684. The topological polar surface area (TPSA) is 63.8 Å². The van der Waals surface area contributed by atoms with E-state index in [1.54, 1.807) is 0 Å². The Bertz CT molecular complexity index is 743. The molecule has 7 heteroatoms. The van der Waals surface area contributed by atoms with E-state index in [2.05, 4.69) is 43.7 Å². The van der Waals surface area contributed by atoms with Crippen LogP contribution in [0.25, 0.3) is 0 Å². The number of hydrogen-bond acceptors (Lipinski definition) is 4. The largest absolute Gasteiger partial charge is 0.348 e. The second kappa shape index (κ2) is 7.33. The maximum atomic E-state index is 6.37. The number of nitrogens with zero attached hydrogens (tertiary/aromatic N) is 4. The minimum Gasteiger partial charge on any atom is -0.348 e. The van der Waals surface area contributed by atoms with Gasteiger partial charge in [-0.05, 0) is 26.3 Å². The standard InChI is InChI=1S/C19H29ClN6/c1-3-4-5-16-23-15(18(20)24-16)12-26-10-7-19(8-11-26)17-14(21-13-22-17)6-9-25(19)2/h13H,3-12H2,1-2H3,(H,21,22)(H,23,24). The molecule has 0 saturated carbocycles. The van der Waals surface area contributed by atoms with Crippen LogP contribution >= 0.6 is 11.6 Å². The first kappa shape index (κ1) is 18.0. The average molecular weight is 377 g/mol. The van der Waals surface area contributed by atoms with Crippen LogP contribution in [0.4, 0.5) is 0 Å². The number of likely N-dealkylation sites (tertiary alicyclic amines) is 1.